The van der Waals surface area contributed by atoms with Gasteiger partial charge in [0.15, 0.2) is 0 Å². The molecule has 1 aromatic carbocycles. The molecule has 0 radical (unpaired) electrons. The molecule has 2 aliphatic heterocycles. The van der Waals surface area contributed by atoms with Gasteiger partial charge >= 0.3 is 0 Å². The topological polar surface area (TPSA) is 122 Å². The van der Waals surface area contributed by atoms with Crippen molar-refractivity contribution in [2.45, 2.75) is 51.2 Å². The first-order chi connectivity index (χ1) is 23.1. The third-order valence-corrected chi connectivity index (χ3v) is 12.0. The SMILES string of the molecule is Cc1ccc(-c2nc(C)c(C(=O)N3CC[C@@H](C(=O)N4CCC(O)(Cn5cnc6c(Cl)scc6c5=O)CC4)[C@H](c4ccccc4)C3)s2)cn1. The molecule has 1 N–H and O–H groups in total. The Morgan fingerprint density at radius 3 is 2.54 bits per heavy atom. The summed E-state index contributed by atoms with van der Waals surface area (Å²) in [6.07, 6.45) is 4.42. The van der Waals surface area contributed by atoms with Crippen molar-refractivity contribution in [3.8, 4) is 10.6 Å². The molecule has 6 heterocycles. The summed E-state index contributed by atoms with van der Waals surface area (Å²) in [6, 6.07) is 13.8. The predicted octanol–water partition coefficient (Wildman–Crippen LogP) is 5.55. The quantitative estimate of drug-likeness (QED) is 0.247. The summed E-state index contributed by atoms with van der Waals surface area (Å²) >= 11 is 8.79. The Balaban J connectivity index is 1.05. The van der Waals surface area contributed by atoms with E-state index in [2.05, 4.69) is 15.0 Å². The van der Waals surface area contributed by atoms with Gasteiger partial charge in [0, 0.05) is 60.8 Å². The Morgan fingerprint density at radius 1 is 1.04 bits per heavy atom. The number of piperidine rings is 2. The summed E-state index contributed by atoms with van der Waals surface area (Å²) in [5.74, 6) is -0.523. The molecule has 5 aromatic rings. The van der Waals surface area contributed by atoms with Crippen molar-refractivity contribution in [3.05, 3.63) is 96.9 Å². The largest absolute Gasteiger partial charge is 0.388 e. The number of aliphatic hydroxyl groups is 1. The summed E-state index contributed by atoms with van der Waals surface area (Å²) in [7, 11) is 0. The fourth-order valence-electron chi connectivity index (χ4n) is 6.83. The zero-order chi connectivity index (χ0) is 33.6. The van der Waals surface area contributed by atoms with Crippen LogP contribution in [0.1, 0.15) is 51.8 Å². The van der Waals surface area contributed by atoms with Gasteiger partial charge in [-0.05, 0) is 50.8 Å². The van der Waals surface area contributed by atoms with E-state index in [-0.39, 0.29) is 35.8 Å². The predicted molar refractivity (Wildman–Crippen MR) is 188 cm³/mol. The zero-order valence-corrected chi connectivity index (χ0v) is 29.0. The number of hydrogen-bond acceptors (Lipinski definition) is 9. The number of aromatic nitrogens is 4. The molecule has 0 unspecified atom stereocenters. The number of likely N-dealkylation sites (tertiary alicyclic amines) is 2. The lowest BCUT2D eigenvalue weighted by molar-refractivity contribution is -0.142. The normalized spacial score (nSPS) is 19.5. The van der Waals surface area contributed by atoms with E-state index >= 15 is 0 Å². The van der Waals surface area contributed by atoms with Gasteiger partial charge in [0.1, 0.15) is 19.7 Å². The Morgan fingerprint density at radius 2 is 1.81 bits per heavy atom. The lowest BCUT2D eigenvalue weighted by atomic mass is 9.79. The number of pyridine rings is 1. The highest BCUT2D eigenvalue weighted by Gasteiger charge is 2.42. The van der Waals surface area contributed by atoms with E-state index in [4.69, 9.17) is 11.6 Å². The Labute approximate surface area is 290 Å². The van der Waals surface area contributed by atoms with Gasteiger partial charge in [-0.3, -0.25) is 23.9 Å². The molecule has 10 nitrogen and oxygen atoms in total. The van der Waals surface area contributed by atoms with Gasteiger partial charge in [-0.2, -0.15) is 0 Å². The zero-order valence-electron chi connectivity index (χ0n) is 26.6. The van der Waals surface area contributed by atoms with E-state index in [0.717, 1.165) is 21.8 Å². The van der Waals surface area contributed by atoms with Crippen LogP contribution < -0.4 is 5.56 Å². The van der Waals surface area contributed by atoms with Crippen molar-refractivity contribution in [2.24, 2.45) is 5.92 Å². The van der Waals surface area contributed by atoms with Gasteiger partial charge in [0.05, 0.1) is 29.6 Å². The minimum absolute atomic E-state index is 0.0364. The monoisotopic (exact) mass is 702 g/mol. The number of rotatable bonds is 6. The molecule has 13 heteroatoms. The maximum Gasteiger partial charge on any atom is 0.265 e. The van der Waals surface area contributed by atoms with Gasteiger partial charge in [0.25, 0.3) is 11.5 Å². The number of aryl methyl sites for hydroxylation is 2. The number of amides is 2. The number of thiazole rings is 1. The molecule has 2 aliphatic rings. The average molecular weight is 703 g/mol. The van der Waals surface area contributed by atoms with Crippen LogP contribution in [0.25, 0.3) is 21.5 Å². The van der Waals surface area contributed by atoms with Crippen LogP contribution in [0.2, 0.25) is 4.34 Å². The second kappa shape index (κ2) is 13.1. The number of carbonyl (C=O) groups excluding carboxylic acids is 2. The molecule has 2 saturated heterocycles. The van der Waals surface area contributed by atoms with Crippen molar-refractivity contribution >= 4 is 57.0 Å². The van der Waals surface area contributed by atoms with E-state index in [1.54, 1.807) is 11.6 Å². The molecule has 0 saturated carbocycles. The van der Waals surface area contributed by atoms with E-state index < -0.39 is 5.60 Å². The molecular weight excluding hydrogens is 668 g/mol. The molecule has 2 atom stereocenters. The summed E-state index contributed by atoms with van der Waals surface area (Å²) in [4.78, 5) is 58.8. The van der Waals surface area contributed by atoms with Crippen LogP contribution in [0.3, 0.4) is 0 Å². The van der Waals surface area contributed by atoms with Crippen LogP contribution in [0.15, 0.2) is 65.2 Å². The lowest BCUT2D eigenvalue weighted by Crippen LogP contribution is -2.53. The van der Waals surface area contributed by atoms with Crippen LogP contribution in [-0.4, -0.2) is 78.0 Å². The van der Waals surface area contributed by atoms with Gasteiger partial charge < -0.3 is 14.9 Å². The standard InChI is InChI=1S/C35H35ClN6O4S2/c1-21-8-9-24(16-37-21)31-39-22(2)29(48-31)34(45)41-13-10-25(26(17-41)23-6-4-3-5-7-23)32(43)40-14-11-35(46,12-15-40)19-42-20-38-28-27(33(42)44)18-47-30(28)36/h3-9,16,18,20,25-26,46H,10-15,17,19H2,1-2H3/t25-,26+/m1/s1. The molecule has 48 heavy (non-hydrogen) atoms. The van der Waals surface area contributed by atoms with Gasteiger partial charge in [-0.25, -0.2) is 9.97 Å². The van der Waals surface area contributed by atoms with E-state index in [1.165, 1.54) is 33.6 Å². The molecule has 2 fully saturated rings. The van der Waals surface area contributed by atoms with E-state index in [1.807, 2.05) is 66.1 Å². The minimum Gasteiger partial charge on any atom is -0.388 e. The van der Waals surface area contributed by atoms with E-state index in [0.29, 0.717) is 71.3 Å². The second-order valence-corrected chi connectivity index (χ2v) is 15.3. The number of nitrogens with zero attached hydrogens (tertiary/aromatic N) is 6. The van der Waals surface area contributed by atoms with Crippen molar-refractivity contribution in [2.75, 3.05) is 26.2 Å². The summed E-state index contributed by atoms with van der Waals surface area (Å²) in [5, 5.41) is 14.4. The van der Waals surface area contributed by atoms with Crippen LogP contribution in [0, 0.1) is 19.8 Å². The maximum absolute atomic E-state index is 14.1. The van der Waals surface area contributed by atoms with E-state index in [9.17, 15) is 19.5 Å². The van der Waals surface area contributed by atoms with Crippen LogP contribution >= 0.6 is 34.3 Å². The molecule has 7 rings (SSSR count). The third-order valence-electron chi connectivity index (χ3n) is 9.60. The highest BCUT2D eigenvalue weighted by atomic mass is 35.5. The van der Waals surface area contributed by atoms with Crippen molar-refractivity contribution in [3.63, 3.8) is 0 Å². The fourth-order valence-corrected chi connectivity index (χ4v) is 8.84. The van der Waals surface area contributed by atoms with Gasteiger partial charge in [-0.1, -0.05) is 41.9 Å². The molecular formula is C35H35ClN6O4S2. The van der Waals surface area contributed by atoms with Gasteiger partial charge in [-0.15, -0.1) is 22.7 Å². The number of halogens is 1. The molecule has 0 aliphatic carbocycles. The number of thiophene rings is 1. The number of hydrogen-bond donors (Lipinski definition) is 1. The van der Waals surface area contributed by atoms with Crippen LogP contribution in [-0.2, 0) is 11.3 Å². The number of fused-ring (bicyclic) bond motifs is 1. The van der Waals surface area contributed by atoms with Crippen LogP contribution in [0.5, 0.6) is 0 Å². The summed E-state index contributed by atoms with van der Waals surface area (Å²) < 4.78 is 1.90. The Bertz CT molecular complexity index is 2040. The first-order valence-corrected chi connectivity index (χ1v) is 18.1. The number of benzene rings is 1. The fraction of sp³-hybridized carbons (Fsp3) is 0.371. The van der Waals surface area contributed by atoms with Crippen LogP contribution in [0.4, 0.5) is 0 Å². The van der Waals surface area contributed by atoms with Crippen molar-refractivity contribution < 1.29 is 14.7 Å². The highest BCUT2D eigenvalue weighted by Crippen LogP contribution is 2.37. The van der Waals surface area contributed by atoms with Gasteiger partial charge in [0.2, 0.25) is 5.91 Å². The van der Waals surface area contributed by atoms with Crippen molar-refractivity contribution in [1.29, 1.82) is 0 Å². The second-order valence-electron chi connectivity index (χ2n) is 12.8. The molecule has 4 aromatic heterocycles. The molecule has 0 spiro atoms. The molecule has 0 bridgehead atoms. The Hall–Kier alpha value is -3.97. The summed E-state index contributed by atoms with van der Waals surface area (Å²) in [6.45, 7) is 5.52. The molecule has 248 valence electrons. The molecule has 2 amide bonds. The number of carbonyl (C=O) groups is 2. The van der Waals surface area contributed by atoms with Crippen molar-refractivity contribution in [1.82, 2.24) is 29.3 Å². The lowest BCUT2D eigenvalue weighted by Gasteiger charge is -2.43. The maximum atomic E-state index is 14.1. The smallest absolute Gasteiger partial charge is 0.265 e. The summed E-state index contributed by atoms with van der Waals surface area (Å²) in [5.41, 5.74) is 2.59. The first kappa shape index (κ1) is 32.6. The minimum atomic E-state index is -1.15. The third kappa shape index (κ3) is 6.29. The first-order valence-electron chi connectivity index (χ1n) is 16.0. The Kier molecular flexibility index (Phi) is 8.92. The highest BCUT2D eigenvalue weighted by molar-refractivity contribution is 7.17. The average Bonchev–Trinajstić information content (AvgIpc) is 3.68.